The molecule has 1 aromatic rings. The summed E-state index contributed by atoms with van der Waals surface area (Å²) in [4.78, 5) is 129. The summed E-state index contributed by atoms with van der Waals surface area (Å²) in [6, 6.07) is -4.96. The molecule has 9 amide bonds. The van der Waals surface area contributed by atoms with Crippen molar-refractivity contribution in [2.45, 2.75) is 68.0 Å². The minimum atomic E-state index is -1.71. The highest BCUT2D eigenvalue weighted by Crippen LogP contribution is 2.27. The monoisotopic (exact) mass is 870 g/mol. The average Bonchev–Trinajstić information content (AvgIpc) is 3.57. The van der Waals surface area contributed by atoms with Gasteiger partial charge in [-0.1, -0.05) is 27.7 Å². The number of carboxylic acids is 1. The predicted octanol–water partition coefficient (Wildman–Crippen LogP) is -6.37. The van der Waals surface area contributed by atoms with Crippen LogP contribution in [-0.4, -0.2) is 160 Å². The van der Waals surface area contributed by atoms with Crippen LogP contribution in [0.25, 0.3) is 0 Å². The van der Waals surface area contributed by atoms with E-state index in [4.69, 9.17) is 21.9 Å². The first-order valence-corrected chi connectivity index (χ1v) is 20.2. The largest absolute Gasteiger partial charge is 0.504 e. The minimum Gasteiger partial charge on any atom is -0.504 e. The van der Waals surface area contributed by atoms with Crippen LogP contribution in [0.3, 0.4) is 0 Å². The molecule has 0 aliphatic carbocycles. The highest BCUT2D eigenvalue weighted by Gasteiger charge is 2.41. The van der Waals surface area contributed by atoms with Gasteiger partial charge in [-0.25, -0.2) is 0 Å². The smallest absolute Gasteiger partial charge is 0.305 e. The predicted molar refractivity (Wildman–Crippen MR) is 206 cm³/mol. The number of hydrogen-bond donors (Lipinski definition) is 12. The lowest BCUT2D eigenvalue weighted by molar-refractivity contribution is -0.141. The highest BCUT2D eigenvalue weighted by molar-refractivity contribution is 8.76. The van der Waals surface area contributed by atoms with Gasteiger partial charge < -0.3 is 74.1 Å². The number of nitrogens with zero attached hydrogens (tertiary/aromatic N) is 1. The molecule has 59 heavy (non-hydrogen) atoms. The Morgan fingerprint density at radius 1 is 0.831 bits per heavy atom. The van der Waals surface area contributed by atoms with E-state index in [-0.39, 0.29) is 42.4 Å². The lowest BCUT2D eigenvalue weighted by Crippen LogP contribution is -2.58. The van der Waals surface area contributed by atoms with Crippen molar-refractivity contribution in [3.8, 4) is 11.5 Å². The summed E-state index contributed by atoms with van der Waals surface area (Å²) in [7, 11) is 3.14. The fourth-order valence-electron chi connectivity index (χ4n) is 5.68. The third-order valence-electron chi connectivity index (χ3n) is 8.69. The van der Waals surface area contributed by atoms with Crippen molar-refractivity contribution in [3.05, 3.63) is 23.8 Å². The van der Waals surface area contributed by atoms with Crippen LogP contribution in [0.2, 0.25) is 0 Å². The van der Waals surface area contributed by atoms with E-state index in [1.165, 1.54) is 25.3 Å². The standard InChI is InChI=1S/C33H46N10O14S2/c1-57-23-5-14(2-3-22(23)45)4-17-30(53)38-10-26(48)43-11-15(44)6-21(43)33(56)41-18(7-24(35)46)32(55)42-20(28(36)51)13-59-58-12-16(34)29(52)40-19(8-27(49)50)31(54)37-9-25(47)39-17/h2-3,5,15-21,44-45H,4,6-13,34H2,1H3,(H2,35,46)(H2,36,51)(H,37,54)(H,38,53)(H,39,47)(H,40,52)(H,41,56)(H,42,55)(H,49,50)/t15-,16-,17+,18+,19-,20-,21+/m1/s1. The fourth-order valence-corrected chi connectivity index (χ4v) is 7.98. The number of carbonyl (C=O) groups is 10. The highest BCUT2D eigenvalue weighted by atomic mass is 33.1. The molecule has 2 heterocycles. The molecule has 324 valence electrons. The van der Waals surface area contributed by atoms with Gasteiger partial charge in [0.1, 0.15) is 30.2 Å². The van der Waals surface area contributed by atoms with E-state index < -0.39 is 127 Å². The molecule has 7 atom stereocenters. The molecule has 2 fully saturated rings. The second kappa shape index (κ2) is 22.3. The summed E-state index contributed by atoms with van der Waals surface area (Å²) in [5, 5.41) is 43.6. The summed E-state index contributed by atoms with van der Waals surface area (Å²) in [6.07, 6.45) is -3.47. The minimum absolute atomic E-state index is 0.0244. The zero-order chi connectivity index (χ0) is 44.0. The van der Waals surface area contributed by atoms with E-state index in [1.54, 1.807) is 0 Å². The number of aliphatic hydroxyl groups is 1. The molecular formula is C33H46N10O14S2. The van der Waals surface area contributed by atoms with Crippen LogP contribution in [0.1, 0.15) is 24.8 Å². The summed E-state index contributed by atoms with van der Waals surface area (Å²) in [5.41, 5.74) is 17.1. The first-order valence-electron chi connectivity index (χ1n) is 17.7. The first-order chi connectivity index (χ1) is 27.8. The van der Waals surface area contributed by atoms with E-state index in [2.05, 4.69) is 31.9 Å². The van der Waals surface area contributed by atoms with E-state index >= 15 is 0 Å². The number of methoxy groups -OCH3 is 1. The van der Waals surface area contributed by atoms with Crippen molar-refractivity contribution in [2.75, 3.05) is 38.2 Å². The molecule has 15 N–H and O–H groups in total. The summed E-state index contributed by atoms with van der Waals surface area (Å²) in [5.74, 6) is -11.0. The molecule has 2 aliphatic heterocycles. The third-order valence-corrected chi connectivity index (χ3v) is 11.1. The molecule has 0 spiro atoms. The van der Waals surface area contributed by atoms with E-state index in [0.717, 1.165) is 26.5 Å². The van der Waals surface area contributed by atoms with Crippen molar-refractivity contribution < 1.29 is 68.0 Å². The number of nitrogens with two attached hydrogens (primary N) is 3. The maximum atomic E-state index is 13.5. The van der Waals surface area contributed by atoms with Gasteiger partial charge in [0, 0.05) is 30.9 Å². The van der Waals surface area contributed by atoms with Crippen LogP contribution in [0, 0.1) is 0 Å². The zero-order valence-corrected chi connectivity index (χ0v) is 33.1. The number of fused-ring (bicyclic) bond motifs is 1. The van der Waals surface area contributed by atoms with Crippen LogP contribution in [-0.2, 0) is 54.4 Å². The number of rotatable bonds is 8. The lowest BCUT2D eigenvalue weighted by Gasteiger charge is -2.27. The van der Waals surface area contributed by atoms with Gasteiger partial charge in [0.25, 0.3) is 0 Å². The maximum absolute atomic E-state index is 13.5. The number of ether oxygens (including phenoxy) is 1. The molecule has 0 aromatic heterocycles. The number of phenolic OH excluding ortho intramolecular Hbond substituents is 1. The zero-order valence-electron chi connectivity index (χ0n) is 31.5. The van der Waals surface area contributed by atoms with Crippen molar-refractivity contribution >= 4 is 80.7 Å². The van der Waals surface area contributed by atoms with Gasteiger partial charge in [-0.15, -0.1) is 0 Å². The Morgan fingerprint density at radius 3 is 2.10 bits per heavy atom. The molecule has 0 saturated carbocycles. The van der Waals surface area contributed by atoms with Gasteiger partial charge in [0.15, 0.2) is 11.5 Å². The van der Waals surface area contributed by atoms with Crippen molar-refractivity contribution in [1.82, 2.24) is 36.8 Å². The first kappa shape index (κ1) is 47.5. The molecule has 0 bridgehead atoms. The number of benzene rings is 1. The molecule has 2 saturated heterocycles. The maximum Gasteiger partial charge on any atom is 0.305 e. The van der Waals surface area contributed by atoms with Crippen molar-refractivity contribution in [2.24, 2.45) is 17.2 Å². The lowest BCUT2D eigenvalue weighted by atomic mass is 10.0. The Morgan fingerprint density at radius 2 is 1.46 bits per heavy atom. The molecule has 2 aliphatic rings. The molecule has 26 heteroatoms. The SMILES string of the molecule is COc1cc(C[C@@H]2NC(=O)CNC(=O)[C@@H](CC(=O)O)NC(=O)[C@H](N)CSSC[C@H](C(N)=O)NC(=O)[C@H](CC(N)=O)NC(=O)[C@@H]3C[C@@H](O)CN3C(=O)CNC2=O)ccc1O. The Balaban J connectivity index is 1.94. The molecule has 0 radical (unpaired) electrons. The van der Waals surface area contributed by atoms with Crippen LogP contribution >= 0.6 is 21.6 Å². The number of aromatic hydroxyl groups is 1. The Hall–Kier alpha value is -5.86. The quantitative estimate of drug-likeness (QED) is 0.108. The number of phenols is 1. The number of aliphatic carboxylic acids is 1. The Kier molecular flexibility index (Phi) is 18.0. The topological polar surface area (TPSA) is 394 Å². The van der Waals surface area contributed by atoms with E-state index in [9.17, 15) is 63.3 Å². The number of aliphatic hydroxyl groups excluding tert-OH is 1. The van der Waals surface area contributed by atoms with Crippen molar-refractivity contribution in [1.29, 1.82) is 0 Å². The van der Waals surface area contributed by atoms with Crippen LogP contribution in [0.5, 0.6) is 11.5 Å². The number of amides is 9. The van der Waals surface area contributed by atoms with Crippen LogP contribution in [0.4, 0.5) is 0 Å². The fraction of sp³-hybridized carbons (Fsp3) is 0.515. The molecule has 24 nitrogen and oxygen atoms in total. The van der Waals surface area contributed by atoms with Gasteiger partial charge >= 0.3 is 5.97 Å². The van der Waals surface area contributed by atoms with Gasteiger partial charge in [0.05, 0.1) is 45.2 Å². The average molecular weight is 871 g/mol. The number of hydrogen-bond acceptors (Lipinski definition) is 16. The van der Waals surface area contributed by atoms with Gasteiger partial charge in [-0.2, -0.15) is 0 Å². The van der Waals surface area contributed by atoms with E-state index in [0.29, 0.717) is 5.56 Å². The number of carboxylic acid groups (broad SMARTS) is 1. The van der Waals surface area contributed by atoms with E-state index in [1.807, 2.05) is 0 Å². The van der Waals surface area contributed by atoms with Crippen LogP contribution < -0.4 is 53.8 Å². The summed E-state index contributed by atoms with van der Waals surface area (Å²) < 4.78 is 5.10. The van der Waals surface area contributed by atoms with Crippen LogP contribution in [0.15, 0.2) is 18.2 Å². The Labute approximate surface area is 343 Å². The number of nitrogens with one attached hydrogen (secondary N) is 6. The molecular weight excluding hydrogens is 825 g/mol. The number of carbonyl (C=O) groups excluding carboxylic acids is 9. The van der Waals surface area contributed by atoms with Gasteiger partial charge in [-0.05, 0) is 17.7 Å². The van der Waals surface area contributed by atoms with Crippen molar-refractivity contribution in [3.63, 3.8) is 0 Å². The van der Waals surface area contributed by atoms with Gasteiger partial charge in [-0.3, -0.25) is 47.9 Å². The van der Waals surface area contributed by atoms with Gasteiger partial charge in [0.2, 0.25) is 53.2 Å². The molecule has 3 rings (SSSR count). The summed E-state index contributed by atoms with van der Waals surface area (Å²) >= 11 is 0. The second-order valence-corrected chi connectivity index (χ2v) is 15.8. The second-order valence-electron chi connectivity index (χ2n) is 13.2. The third kappa shape index (κ3) is 14.8. The number of primary amides is 2. The molecule has 0 unspecified atom stereocenters. The Bertz CT molecular complexity index is 1810. The summed E-state index contributed by atoms with van der Waals surface area (Å²) in [6.45, 7) is -1.97. The molecule has 1 aromatic carbocycles. The normalized spacial score (nSPS) is 26.2.